The number of rotatable bonds is 5. The highest BCUT2D eigenvalue weighted by Crippen LogP contribution is 2.05. The summed E-state index contributed by atoms with van der Waals surface area (Å²) in [6.45, 7) is 5.55. The van der Waals surface area contributed by atoms with Crippen molar-refractivity contribution in [1.82, 2.24) is 0 Å². The van der Waals surface area contributed by atoms with Crippen LogP contribution < -0.4 is 0 Å². The van der Waals surface area contributed by atoms with Gasteiger partial charge in [0.25, 0.3) is 0 Å². The Hall–Kier alpha value is -1.52. The average molecular weight is 228 g/mol. The third-order valence-electron chi connectivity index (χ3n) is 2.73. The van der Waals surface area contributed by atoms with Crippen LogP contribution in [0.15, 0.2) is 43.0 Å². The second-order valence-corrected chi connectivity index (χ2v) is 4.20. The molecule has 0 bridgehead atoms. The number of aryl methyl sites for hydroxylation is 1. The molecule has 0 amide bonds. The number of hydrogen-bond donors (Lipinski definition) is 1. The van der Waals surface area contributed by atoms with E-state index < -0.39 is 6.10 Å². The maximum Gasteiger partial charge on any atom is 0.120 e. The molecule has 17 heavy (non-hydrogen) atoms. The Kier molecular flexibility index (Phi) is 6.14. The topological polar surface area (TPSA) is 20.2 Å². The molecule has 0 aromatic heterocycles. The van der Waals surface area contributed by atoms with Crippen LogP contribution in [0.5, 0.6) is 0 Å². The zero-order valence-corrected chi connectivity index (χ0v) is 10.4. The van der Waals surface area contributed by atoms with Crippen LogP contribution >= 0.6 is 0 Å². The van der Waals surface area contributed by atoms with Crippen LogP contribution in [0.1, 0.15) is 25.3 Å². The van der Waals surface area contributed by atoms with Crippen LogP contribution in [0, 0.1) is 17.8 Å². The van der Waals surface area contributed by atoms with E-state index in [0.29, 0.717) is 0 Å². The molecule has 0 unspecified atom stereocenters. The normalized spacial score (nSPS) is 13.3. The Morgan fingerprint density at radius 2 is 2.06 bits per heavy atom. The van der Waals surface area contributed by atoms with E-state index in [-0.39, 0.29) is 5.92 Å². The van der Waals surface area contributed by atoms with Gasteiger partial charge >= 0.3 is 0 Å². The van der Waals surface area contributed by atoms with Crippen molar-refractivity contribution in [1.29, 1.82) is 0 Å². The Bertz CT molecular complexity index is 383. The van der Waals surface area contributed by atoms with Crippen LogP contribution in [-0.4, -0.2) is 11.2 Å². The maximum absolute atomic E-state index is 9.59. The maximum atomic E-state index is 9.59. The molecule has 1 N–H and O–H groups in total. The van der Waals surface area contributed by atoms with E-state index in [0.717, 1.165) is 19.3 Å². The Morgan fingerprint density at radius 3 is 2.71 bits per heavy atom. The summed E-state index contributed by atoms with van der Waals surface area (Å²) >= 11 is 0. The smallest absolute Gasteiger partial charge is 0.120 e. The van der Waals surface area contributed by atoms with E-state index in [9.17, 15) is 5.11 Å². The van der Waals surface area contributed by atoms with Crippen molar-refractivity contribution < 1.29 is 5.11 Å². The molecule has 0 radical (unpaired) electrons. The molecule has 0 spiro atoms. The zero-order valence-electron chi connectivity index (χ0n) is 10.4. The molecule has 90 valence electrons. The monoisotopic (exact) mass is 228 g/mol. The zero-order chi connectivity index (χ0) is 12.5. The van der Waals surface area contributed by atoms with Gasteiger partial charge in [0, 0.05) is 12.3 Å². The molecule has 2 atom stereocenters. The lowest BCUT2D eigenvalue weighted by atomic mass is 10.1. The quantitative estimate of drug-likeness (QED) is 0.466. The Labute approximate surface area is 104 Å². The first-order valence-corrected chi connectivity index (χ1v) is 6.07. The highest BCUT2D eigenvalue weighted by atomic mass is 16.3. The summed E-state index contributed by atoms with van der Waals surface area (Å²) in [4.78, 5) is 0. The largest absolute Gasteiger partial charge is 0.380 e. The molecule has 0 fully saturated rings. The van der Waals surface area contributed by atoms with Crippen LogP contribution in [0.4, 0.5) is 0 Å². The molecule has 0 aliphatic heterocycles. The Balaban J connectivity index is 2.25. The van der Waals surface area contributed by atoms with E-state index in [1.165, 1.54) is 5.56 Å². The summed E-state index contributed by atoms with van der Waals surface area (Å²) in [5.41, 5.74) is 1.34. The van der Waals surface area contributed by atoms with E-state index in [2.05, 4.69) is 42.7 Å². The van der Waals surface area contributed by atoms with Gasteiger partial charge in [-0.25, -0.2) is 0 Å². The van der Waals surface area contributed by atoms with E-state index in [4.69, 9.17) is 0 Å². The van der Waals surface area contributed by atoms with Gasteiger partial charge in [0.1, 0.15) is 6.10 Å². The number of hydrogen-bond acceptors (Lipinski definition) is 1. The van der Waals surface area contributed by atoms with Crippen molar-refractivity contribution in [3.63, 3.8) is 0 Å². The molecule has 0 saturated heterocycles. The Morgan fingerprint density at radius 1 is 1.35 bits per heavy atom. The molecular weight excluding hydrogens is 208 g/mol. The molecule has 0 aliphatic rings. The molecule has 1 aromatic rings. The first-order chi connectivity index (χ1) is 8.24. The molecule has 1 aromatic carbocycles. The average Bonchev–Trinajstić information content (AvgIpc) is 2.38. The minimum Gasteiger partial charge on any atom is -0.380 e. The lowest BCUT2D eigenvalue weighted by Crippen LogP contribution is -2.12. The third-order valence-corrected chi connectivity index (χ3v) is 2.73. The highest BCUT2D eigenvalue weighted by molar-refractivity contribution is 5.15. The van der Waals surface area contributed by atoms with Gasteiger partial charge in [-0.15, -0.1) is 12.5 Å². The van der Waals surface area contributed by atoms with E-state index in [1.807, 2.05) is 13.0 Å². The van der Waals surface area contributed by atoms with Crippen molar-refractivity contribution in [2.24, 2.45) is 5.92 Å². The fourth-order valence-electron chi connectivity index (χ4n) is 1.46. The SMILES string of the molecule is C=C[C@@H](C)[C@@H](O)C#CCCCc1ccccc1. The summed E-state index contributed by atoms with van der Waals surface area (Å²) in [6.07, 6.45) is 4.05. The van der Waals surface area contributed by atoms with Gasteiger partial charge in [-0.2, -0.15) is 0 Å². The van der Waals surface area contributed by atoms with Crippen LogP contribution in [0.2, 0.25) is 0 Å². The molecule has 1 heteroatoms. The minimum absolute atomic E-state index is 0.0385. The number of unbranched alkanes of at least 4 members (excludes halogenated alkanes) is 1. The van der Waals surface area contributed by atoms with Crippen molar-refractivity contribution in [2.75, 3.05) is 0 Å². The summed E-state index contributed by atoms with van der Waals surface area (Å²) < 4.78 is 0. The molecule has 0 heterocycles. The first-order valence-electron chi connectivity index (χ1n) is 6.07. The van der Waals surface area contributed by atoms with Gasteiger partial charge in [0.2, 0.25) is 0 Å². The molecular formula is C16H20O. The van der Waals surface area contributed by atoms with Crippen LogP contribution in [0.25, 0.3) is 0 Å². The van der Waals surface area contributed by atoms with Crippen LogP contribution in [-0.2, 0) is 6.42 Å². The predicted molar refractivity (Wildman–Crippen MR) is 72.5 cm³/mol. The predicted octanol–water partition coefficient (Wildman–Crippen LogP) is 3.20. The lowest BCUT2D eigenvalue weighted by molar-refractivity contribution is 0.195. The standard InChI is InChI=1S/C16H20O/c1-3-14(2)16(17)13-9-5-8-12-15-10-6-4-7-11-15/h3-4,6-7,10-11,14,16-17H,1,5,8,12H2,2H3/t14-,16+/m1/s1. The van der Waals surface area contributed by atoms with Crippen molar-refractivity contribution in [3.8, 4) is 11.8 Å². The summed E-state index contributed by atoms with van der Waals surface area (Å²) in [5.74, 6) is 5.92. The molecule has 0 aliphatic carbocycles. The fourth-order valence-corrected chi connectivity index (χ4v) is 1.46. The van der Waals surface area contributed by atoms with Crippen LogP contribution in [0.3, 0.4) is 0 Å². The number of aliphatic hydroxyl groups is 1. The van der Waals surface area contributed by atoms with Gasteiger partial charge in [0.15, 0.2) is 0 Å². The first kappa shape index (κ1) is 13.5. The van der Waals surface area contributed by atoms with Gasteiger partial charge in [0.05, 0.1) is 0 Å². The highest BCUT2D eigenvalue weighted by Gasteiger charge is 2.05. The summed E-state index contributed by atoms with van der Waals surface area (Å²) in [6, 6.07) is 10.4. The number of aliphatic hydroxyl groups excluding tert-OH is 1. The fraction of sp³-hybridized carbons (Fsp3) is 0.375. The second-order valence-electron chi connectivity index (χ2n) is 4.20. The van der Waals surface area contributed by atoms with Gasteiger partial charge in [-0.1, -0.05) is 49.3 Å². The van der Waals surface area contributed by atoms with Crippen molar-refractivity contribution in [2.45, 2.75) is 32.3 Å². The van der Waals surface area contributed by atoms with Crippen molar-refractivity contribution >= 4 is 0 Å². The van der Waals surface area contributed by atoms with Crippen molar-refractivity contribution in [3.05, 3.63) is 48.6 Å². The lowest BCUT2D eigenvalue weighted by Gasteiger charge is -2.06. The minimum atomic E-state index is -0.579. The van der Waals surface area contributed by atoms with Gasteiger partial charge in [-0.3, -0.25) is 0 Å². The second kappa shape index (κ2) is 7.70. The molecule has 0 saturated carbocycles. The summed E-state index contributed by atoms with van der Waals surface area (Å²) in [5, 5.41) is 9.59. The van der Waals surface area contributed by atoms with Gasteiger partial charge in [-0.05, 0) is 18.4 Å². The summed E-state index contributed by atoms with van der Waals surface area (Å²) in [7, 11) is 0. The van der Waals surface area contributed by atoms with Gasteiger partial charge < -0.3 is 5.11 Å². The van der Waals surface area contributed by atoms with E-state index in [1.54, 1.807) is 6.08 Å². The van der Waals surface area contributed by atoms with E-state index >= 15 is 0 Å². The third kappa shape index (κ3) is 5.38. The molecule has 1 rings (SSSR count). The number of benzene rings is 1. The molecule has 1 nitrogen and oxygen atoms in total.